The topological polar surface area (TPSA) is 26.0 Å². The third-order valence-corrected chi connectivity index (χ3v) is 3.10. The number of hydrogen-bond donors (Lipinski definition) is 1. The van der Waals surface area contributed by atoms with E-state index in [0.717, 1.165) is 0 Å². The summed E-state index contributed by atoms with van der Waals surface area (Å²) in [5, 5.41) is 0. The van der Waals surface area contributed by atoms with Crippen LogP contribution in [0.15, 0.2) is 30.8 Å². The van der Waals surface area contributed by atoms with Gasteiger partial charge in [0.25, 0.3) is 0 Å². The van der Waals surface area contributed by atoms with Crippen molar-refractivity contribution in [2.75, 3.05) is 0 Å². The van der Waals surface area contributed by atoms with Crippen LogP contribution in [0.3, 0.4) is 0 Å². The molecule has 0 aliphatic heterocycles. The Morgan fingerprint density at radius 2 is 1.69 bits per heavy atom. The first kappa shape index (κ1) is 11.0. The van der Waals surface area contributed by atoms with Gasteiger partial charge in [-0.1, -0.05) is 30.8 Å². The molecule has 0 amide bonds. The van der Waals surface area contributed by atoms with E-state index < -0.39 is 11.6 Å². The van der Waals surface area contributed by atoms with Crippen LogP contribution in [0, 0.1) is 0 Å². The first-order valence-electron chi connectivity index (χ1n) is 4.99. The number of nitrogens with two attached hydrogens (primary N) is 1. The molecule has 1 fully saturated rings. The Kier molecular flexibility index (Phi) is 2.26. The van der Waals surface area contributed by atoms with Crippen molar-refractivity contribution in [2.24, 2.45) is 5.73 Å². The molecule has 0 aromatic heterocycles. The van der Waals surface area contributed by atoms with Crippen molar-refractivity contribution < 1.29 is 13.2 Å². The molecule has 1 aliphatic rings. The zero-order chi connectivity index (χ0) is 12.0. The predicted octanol–water partition coefficient (Wildman–Crippen LogP) is 3.21. The molecule has 4 heteroatoms. The Morgan fingerprint density at radius 1 is 1.19 bits per heavy atom. The maximum Gasteiger partial charge on any atom is 0.398 e. The van der Waals surface area contributed by atoms with Gasteiger partial charge in [0.1, 0.15) is 0 Å². The molecule has 0 spiro atoms. The second-order valence-electron chi connectivity index (χ2n) is 4.18. The monoisotopic (exact) mass is 227 g/mol. The summed E-state index contributed by atoms with van der Waals surface area (Å²) in [5.74, 6) is 0. The van der Waals surface area contributed by atoms with Crippen LogP contribution in [0.4, 0.5) is 13.2 Å². The number of hydrogen-bond acceptors (Lipinski definition) is 1. The van der Waals surface area contributed by atoms with Crippen LogP contribution >= 0.6 is 0 Å². The van der Waals surface area contributed by atoms with Gasteiger partial charge in [0.05, 0.1) is 5.41 Å². The fraction of sp³-hybridized carbons (Fsp3) is 0.333. The van der Waals surface area contributed by atoms with Gasteiger partial charge in [-0.3, -0.25) is 0 Å². The summed E-state index contributed by atoms with van der Waals surface area (Å²) in [6.07, 6.45) is -3.80. The molecule has 0 radical (unpaired) electrons. The molecule has 0 saturated heterocycles. The summed E-state index contributed by atoms with van der Waals surface area (Å²) < 4.78 is 38.4. The minimum absolute atomic E-state index is 0.180. The molecule has 1 aliphatic carbocycles. The van der Waals surface area contributed by atoms with Crippen LogP contribution in [-0.4, -0.2) is 6.18 Å². The minimum atomic E-state index is -4.16. The Balaban J connectivity index is 2.33. The van der Waals surface area contributed by atoms with Crippen LogP contribution in [0.25, 0.3) is 5.70 Å². The summed E-state index contributed by atoms with van der Waals surface area (Å²) in [6, 6.07) is 6.16. The molecule has 2 rings (SSSR count). The summed E-state index contributed by atoms with van der Waals surface area (Å²) >= 11 is 0. The zero-order valence-corrected chi connectivity index (χ0v) is 8.64. The second-order valence-corrected chi connectivity index (χ2v) is 4.18. The zero-order valence-electron chi connectivity index (χ0n) is 8.64. The standard InChI is InChI=1S/C12H12F3N/c1-8(16)9-2-4-10(5-3-9)11(6-7-11)12(13,14)15/h2-5H,1,6-7,16H2. The largest absolute Gasteiger partial charge is 0.399 e. The van der Waals surface area contributed by atoms with E-state index in [0.29, 0.717) is 16.8 Å². The summed E-state index contributed by atoms with van der Waals surface area (Å²) in [7, 11) is 0. The van der Waals surface area contributed by atoms with Gasteiger partial charge in [-0.25, -0.2) is 0 Å². The van der Waals surface area contributed by atoms with Crippen LogP contribution < -0.4 is 5.73 Å². The Hall–Kier alpha value is -1.45. The molecule has 1 aromatic rings. The van der Waals surface area contributed by atoms with E-state index in [9.17, 15) is 13.2 Å². The molecule has 0 bridgehead atoms. The highest BCUT2D eigenvalue weighted by Crippen LogP contribution is 2.58. The van der Waals surface area contributed by atoms with Crippen LogP contribution in [0.1, 0.15) is 24.0 Å². The molecular weight excluding hydrogens is 215 g/mol. The first-order chi connectivity index (χ1) is 7.37. The lowest BCUT2D eigenvalue weighted by atomic mass is 9.94. The van der Waals surface area contributed by atoms with Gasteiger partial charge in [-0.2, -0.15) is 13.2 Å². The number of alkyl halides is 3. The smallest absolute Gasteiger partial charge is 0.398 e. The lowest BCUT2D eigenvalue weighted by Gasteiger charge is -2.19. The van der Waals surface area contributed by atoms with Crippen molar-refractivity contribution in [1.82, 2.24) is 0 Å². The van der Waals surface area contributed by atoms with Gasteiger partial charge in [0, 0.05) is 5.70 Å². The number of rotatable bonds is 2. The van der Waals surface area contributed by atoms with Crippen molar-refractivity contribution in [3.8, 4) is 0 Å². The highest BCUT2D eigenvalue weighted by molar-refractivity contribution is 5.60. The molecule has 86 valence electrons. The highest BCUT2D eigenvalue weighted by Gasteiger charge is 2.64. The lowest BCUT2D eigenvalue weighted by Crippen LogP contribution is -2.28. The molecule has 1 nitrogen and oxygen atoms in total. The lowest BCUT2D eigenvalue weighted by molar-refractivity contribution is -0.160. The third-order valence-electron chi connectivity index (χ3n) is 3.10. The maximum absolute atomic E-state index is 12.8. The van der Waals surface area contributed by atoms with Crippen LogP contribution in [-0.2, 0) is 5.41 Å². The van der Waals surface area contributed by atoms with Crippen molar-refractivity contribution in [3.63, 3.8) is 0 Å². The fourth-order valence-corrected chi connectivity index (χ4v) is 1.86. The van der Waals surface area contributed by atoms with Gasteiger partial charge in [-0.15, -0.1) is 0 Å². The van der Waals surface area contributed by atoms with Crippen molar-refractivity contribution in [2.45, 2.75) is 24.4 Å². The molecule has 0 heterocycles. The van der Waals surface area contributed by atoms with Gasteiger partial charge < -0.3 is 5.73 Å². The van der Waals surface area contributed by atoms with E-state index in [1.807, 2.05) is 0 Å². The summed E-state index contributed by atoms with van der Waals surface area (Å²) in [5.41, 5.74) is 5.20. The van der Waals surface area contributed by atoms with Gasteiger partial charge in [0.2, 0.25) is 0 Å². The Bertz CT molecular complexity index is 413. The molecule has 0 atom stereocenters. The average Bonchev–Trinajstić information content (AvgIpc) is 2.97. The number of halogens is 3. The van der Waals surface area contributed by atoms with Gasteiger partial charge in [0.15, 0.2) is 0 Å². The summed E-state index contributed by atoms with van der Waals surface area (Å²) in [6.45, 7) is 3.54. The van der Waals surface area contributed by atoms with Crippen molar-refractivity contribution >= 4 is 5.70 Å². The Labute approximate surface area is 91.8 Å². The van der Waals surface area contributed by atoms with E-state index in [-0.39, 0.29) is 12.8 Å². The average molecular weight is 227 g/mol. The molecular formula is C12H12F3N. The van der Waals surface area contributed by atoms with E-state index >= 15 is 0 Å². The van der Waals surface area contributed by atoms with Crippen LogP contribution in [0.5, 0.6) is 0 Å². The highest BCUT2D eigenvalue weighted by atomic mass is 19.4. The second kappa shape index (κ2) is 3.27. The normalized spacial score (nSPS) is 18.2. The van der Waals surface area contributed by atoms with E-state index in [1.165, 1.54) is 12.1 Å². The van der Waals surface area contributed by atoms with Crippen molar-refractivity contribution in [3.05, 3.63) is 42.0 Å². The number of benzene rings is 1. The maximum atomic E-state index is 12.8. The van der Waals surface area contributed by atoms with Gasteiger partial charge >= 0.3 is 6.18 Å². The SMILES string of the molecule is C=C(N)c1ccc(C2(C(F)(F)F)CC2)cc1. The van der Waals surface area contributed by atoms with Crippen molar-refractivity contribution in [1.29, 1.82) is 0 Å². The molecule has 1 aromatic carbocycles. The van der Waals surface area contributed by atoms with Crippen LogP contribution in [0.2, 0.25) is 0 Å². The molecule has 2 N–H and O–H groups in total. The van der Waals surface area contributed by atoms with E-state index in [1.54, 1.807) is 12.1 Å². The fourth-order valence-electron chi connectivity index (χ4n) is 1.86. The quantitative estimate of drug-likeness (QED) is 0.824. The third kappa shape index (κ3) is 1.58. The molecule has 1 saturated carbocycles. The Morgan fingerprint density at radius 3 is 2.00 bits per heavy atom. The van der Waals surface area contributed by atoms with E-state index in [2.05, 4.69) is 6.58 Å². The molecule has 16 heavy (non-hydrogen) atoms. The minimum Gasteiger partial charge on any atom is -0.399 e. The molecule has 0 unspecified atom stereocenters. The summed E-state index contributed by atoms with van der Waals surface area (Å²) in [4.78, 5) is 0. The first-order valence-corrected chi connectivity index (χ1v) is 4.99. The van der Waals surface area contributed by atoms with E-state index in [4.69, 9.17) is 5.73 Å². The van der Waals surface area contributed by atoms with Gasteiger partial charge in [-0.05, 0) is 24.0 Å². The predicted molar refractivity (Wildman–Crippen MR) is 56.6 cm³/mol.